The molecule has 0 saturated carbocycles. The monoisotopic (exact) mass is 264 g/mol. The van der Waals surface area contributed by atoms with Gasteiger partial charge in [-0.15, -0.1) is 0 Å². The summed E-state index contributed by atoms with van der Waals surface area (Å²) in [6.45, 7) is 1.45. The Bertz CT molecular complexity index is 442. The molecule has 0 bridgehead atoms. The van der Waals surface area contributed by atoms with Gasteiger partial charge in [0, 0.05) is 5.56 Å². The fraction of sp³-hybridized carbons (Fsp3) is 0.364. The molecular weight excluding hydrogens is 253 g/mol. The van der Waals surface area contributed by atoms with E-state index in [1.807, 2.05) is 0 Å². The first-order valence-electron chi connectivity index (χ1n) is 5.02. The van der Waals surface area contributed by atoms with Crippen molar-refractivity contribution in [2.24, 2.45) is 0 Å². The average molecular weight is 264 g/mol. The summed E-state index contributed by atoms with van der Waals surface area (Å²) < 4.78 is 41.9. The summed E-state index contributed by atoms with van der Waals surface area (Å²) in [5.74, 6) is -2.29. The number of hydrogen-bond acceptors (Lipinski definition) is 4. The van der Waals surface area contributed by atoms with E-state index in [2.05, 4.69) is 4.74 Å². The molecule has 18 heavy (non-hydrogen) atoms. The van der Waals surface area contributed by atoms with E-state index in [9.17, 15) is 28.2 Å². The van der Waals surface area contributed by atoms with Gasteiger partial charge in [-0.1, -0.05) is 12.1 Å². The van der Waals surface area contributed by atoms with Crippen LogP contribution in [0.2, 0.25) is 0 Å². The van der Waals surface area contributed by atoms with E-state index >= 15 is 0 Å². The summed E-state index contributed by atoms with van der Waals surface area (Å²) >= 11 is 0. The van der Waals surface area contributed by atoms with Crippen LogP contribution in [0, 0.1) is 0 Å². The number of phenols is 1. The average Bonchev–Trinajstić information content (AvgIpc) is 2.27. The molecule has 4 nitrogen and oxygen atoms in total. The molecular formula is C11H11F3O4. The van der Waals surface area contributed by atoms with Crippen molar-refractivity contribution in [2.45, 2.75) is 19.2 Å². The molecule has 0 aliphatic rings. The van der Waals surface area contributed by atoms with Crippen molar-refractivity contribution in [3.63, 3.8) is 0 Å². The molecule has 0 aliphatic heterocycles. The number of aliphatic hydroxyl groups excluding tert-OH is 1. The maximum atomic E-state index is 12.5. The van der Waals surface area contributed by atoms with Crippen LogP contribution >= 0.6 is 0 Å². The largest absolute Gasteiger partial charge is 0.507 e. The summed E-state index contributed by atoms with van der Waals surface area (Å²) in [5, 5.41) is 18.9. The number of esters is 1. The van der Waals surface area contributed by atoms with Crippen molar-refractivity contribution < 1.29 is 32.9 Å². The second-order valence-corrected chi connectivity index (χ2v) is 3.40. The van der Waals surface area contributed by atoms with Crippen LogP contribution in [-0.2, 0) is 15.7 Å². The number of benzene rings is 1. The van der Waals surface area contributed by atoms with Crippen LogP contribution in [0.25, 0.3) is 0 Å². The molecule has 1 unspecified atom stereocenters. The zero-order valence-electron chi connectivity index (χ0n) is 9.36. The van der Waals surface area contributed by atoms with E-state index in [4.69, 9.17) is 0 Å². The number of halogens is 3. The van der Waals surface area contributed by atoms with Gasteiger partial charge in [0.05, 0.1) is 12.2 Å². The molecule has 1 aromatic rings. The number of aromatic hydroxyl groups is 1. The van der Waals surface area contributed by atoms with E-state index < -0.39 is 35.1 Å². The lowest BCUT2D eigenvalue weighted by Gasteiger charge is -2.15. The van der Waals surface area contributed by atoms with Crippen LogP contribution in [0.3, 0.4) is 0 Å². The fourth-order valence-corrected chi connectivity index (χ4v) is 1.36. The van der Waals surface area contributed by atoms with Crippen molar-refractivity contribution in [2.75, 3.05) is 6.61 Å². The molecule has 0 heterocycles. The summed E-state index contributed by atoms with van der Waals surface area (Å²) in [5.41, 5.74) is -1.85. The topological polar surface area (TPSA) is 66.8 Å². The first kappa shape index (κ1) is 14.3. The molecule has 1 rings (SSSR count). The summed E-state index contributed by atoms with van der Waals surface area (Å²) in [7, 11) is 0. The third-order valence-corrected chi connectivity index (χ3v) is 2.18. The number of alkyl halides is 3. The maximum absolute atomic E-state index is 12.5. The molecule has 0 saturated heterocycles. The number of aliphatic hydroxyl groups is 1. The number of carbonyl (C=O) groups excluding carboxylic acids is 1. The van der Waals surface area contributed by atoms with Crippen LogP contribution < -0.4 is 0 Å². The number of hydrogen-bond donors (Lipinski definition) is 2. The highest BCUT2D eigenvalue weighted by Gasteiger charge is 2.36. The molecule has 100 valence electrons. The van der Waals surface area contributed by atoms with Crippen molar-refractivity contribution in [1.82, 2.24) is 0 Å². The Morgan fingerprint density at radius 3 is 2.56 bits per heavy atom. The van der Waals surface area contributed by atoms with Gasteiger partial charge in [-0.3, -0.25) is 0 Å². The molecule has 0 spiro atoms. The van der Waals surface area contributed by atoms with Crippen LogP contribution in [0.4, 0.5) is 13.2 Å². The third kappa shape index (κ3) is 2.92. The van der Waals surface area contributed by atoms with Gasteiger partial charge in [0.2, 0.25) is 0 Å². The Kier molecular flexibility index (Phi) is 4.18. The minimum atomic E-state index is -4.77. The van der Waals surface area contributed by atoms with Gasteiger partial charge >= 0.3 is 12.1 Å². The molecule has 7 heteroatoms. The van der Waals surface area contributed by atoms with Gasteiger partial charge in [-0.05, 0) is 13.0 Å². The Morgan fingerprint density at radius 1 is 1.44 bits per heavy atom. The smallest absolute Gasteiger partial charge is 0.419 e. The predicted molar refractivity (Wildman–Crippen MR) is 54.7 cm³/mol. The molecule has 2 N–H and O–H groups in total. The van der Waals surface area contributed by atoms with Crippen molar-refractivity contribution in [3.05, 3.63) is 29.3 Å². The summed E-state index contributed by atoms with van der Waals surface area (Å²) in [6.07, 6.45) is -6.72. The molecule has 0 aromatic heterocycles. The van der Waals surface area contributed by atoms with E-state index in [1.54, 1.807) is 0 Å². The summed E-state index contributed by atoms with van der Waals surface area (Å²) in [4.78, 5) is 11.2. The molecule has 0 fully saturated rings. The van der Waals surface area contributed by atoms with Gasteiger partial charge in [-0.2, -0.15) is 13.2 Å². The van der Waals surface area contributed by atoms with E-state index in [-0.39, 0.29) is 6.61 Å². The number of phenolic OH excluding ortho intramolecular Hbond substituents is 1. The van der Waals surface area contributed by atoms with Crippen molar-refractivity contribution in [1.29, 1.82) is 0 Å². The van der Waals surface area contributed by atoms with Gasteiger partial charge in [0.1, 0.15) is 5.75 Å². The standard InChI is InChI=1S/C11H11F3O4/c1-2-18-10(17)9(16)6-4-3-5-7(8(6)15)11(12,13)14/h3-5,9,15-16H,2H2,1H3. The SMILES string of the molecule is CCOC(=O)C(O)c1cccc(C(F)(F)F)c1O. The highest BCUT2D eigenvalue weighted by Crippen LogP contribution is 2.39. The lowest BCUT2D eigenvalue weighted by Crippen LogP contribution is -2.16. The fourth-order valence-electron chi connectivity index (χ4n) is 1.36. The van der Waals surface area contributed by atoms with Crippen molar-refractivity contribution >= 4 is 5.97 Å². The van der Waals surface area contributed by atoms with Gasteiger partial charge in [0.25, 0.3) is 0 Å². The number of ether oxygens (including phenoxy) is 1. The first-order chi connectivity index (χ1) is 8.29. The normalized spacial score (nSPS) is 13.2. The van der Waals surface area contributed by atoms with Crippen LogP contribution in [0.5, 0.6) is 5.75 Å². The Labute approximate surface area is 101 Å². The van der Waals surface area contributed by atoms with Crippen molar-refractivity contribution in [3.8, 4) is 5.75 Å². The highest BCUT2D eigenvalue weighted by molar-refractivity contribution is 5.77. The van der Waals surface area contributed by atoms with E-state index in [0.29, 0.717) is 6.07 Å². The zero-order valence-corrected chi connectivity index (χ0v) is 9.36. The van der Waals surface area contributed by atoms with E-state index in [1.165, 1.54) is 6.92 Å². The number of rotatable bonds is 3. The predicted octanol–water partition coefficient (Wildman–Crippen LogP) is 2.01. The van der Waals surface area contributed by atoms with Gasteiger partial charge < -0.3 is 14.9 Å². The molecule has 1 atom stereocenters. The summed E-state index contributed by atoms with van der Waals surface area (Å²) in [6, 6.07) is 2.66. The molecule has 0 aliphatic carbocycles. The number of carbonyl (C=O) groups is 1. The molecule has 1 aromatic carbocycles. The second kappa shape index (κ2) is 5.26. The highest BCUT2D eigenvalue weighted by atomic mass is 19.4. The van der Waals surface area contributed by atoms with Crippen LogP contribution in [0.1, 0.15) is 24.2 Å². The quantitative estimate of drug-likeness (QED) is 0.819. The third-order valence-electron chi connectivity index (χ3n) is 2.18. The minimum absolute atomic E-state index is 0.0321. The minimum Gasteiger partial charge on any atom is -0.507 e. The lowest BCUT2D eigenvalue weighted by atomic mass is 10.0. The zero-order chi connectivity index (χ0) is 13.9. The molecule has 0 radical (unpaired) electrons. The lowest BCUT2D eigenvalue weighted by molar-refractivity contribution is -0.153. The van der Waals surface area contributed by atoms with Crippen LogP contribution in [0.15, 0.2) is 18.2 Å². The Balaban J connectivity index is 3.15. The Morgan fingerprint density at radius 2 is 2.06 bits per heavy atom. The first-order valence-corrected chi connectivity index (χ1v) is 5.02. The van der Waals surface area contributed by atoms with Gasteiger partial charge in [-0.25, -0.2) is 4.79 Å². The Hall–Kier alpha value is -1.76. The molecule has 0 amide bonds. The second-order valence-electron chi connectivity index (χ2n) is 3.40. The van der Waals surface area contributed by atoms with Gasteiger partial charge in [0.15, 0.2) is 6.10 Å². The van der Waals surface area contributed by atoms with Crippen LogP contribution in [-0.4, -0.2) is 22.8 Å². The van der Waals surface area contributed by atoms with E-state index in [0.717, 1.165) is 12.1 Å². The number of para-hydroxylation sites is 1. The maximum Gasteiger partial charge on any atom is 0.419 e.